The number of hydrogen-bond acceptors (Lipinski definition) is 8. The van der Waals surface area contributed by atoms with Crippen molar-refractivity contribution in [1.82, 2.24) is 0 Å². The highest BCUT2D eigenvalue weighted by atomic mass is 32.2. The van der Waals surface area contributed by atoms with Gasteiger partial charge in [-0.15, -0.1) is 0 Å². The van der Waals surface area contributed by atoms with Gasteiger partial charge in [0.15, 0.2) is 0 Å². The van der Waals surface area contributed by atoms with Crippen molar-refractivity contribution >= 4 is 46.5 Å². The zero-order valence-electron chi connectivity index (χ0n) is 24.0. The number of benzene rings is 4. The summed E-state index contributed by atoms with van der Waals surface area (Å²) >= 11 is 1.15. The molecule has 5 rings (SSSR count). The third-order valence-corrected chi connectivity index (χ3v) is 7.74. The maximum Gasteiger partial charge on any atom is 0.283 e. The topological polar surface area (TPSA) is 106 Å². The van der Waals surface area contributed by atoms with Crippen molar-refractivity contribution in [2.75, 3.05) is 36.9 Å². The quantitative estimate of drug-likeness (QED) is 0.207. The predicted octanol–water partition coefficient (Wildman–Crippen LogP) is 6.26. The fourth-order valence-electron chi connectivity index (χ4n) is 4.38. The van der Waals surface area contributed by atoms with Crippen LogP contribution in [0.15, 0.2) is 106 Å². The molecule has 1 heterocycles. The van der Waals surface area contributed by atoms with Crippen LogP contribution in [0.1, 0.15) is 15.9 Å². The molecule has 9 nitrogen and oxygen atoms in total. The summed E-state index contributed by atoms with van der Waals surface area (Å²) in [5, 5.41) is 6.02. The van der Waals surface area contributed by atoms with Gasteiger partial charge in [-0.3, -0.25) is 14.4 Å². The van der Waals surface area contributed by atoms with Gasteiger partial charge in [-0.1, -0.05) is 35.5 Å². The van der Waals surface area contributed by atoms with Crippen LogP contribution in [0.25, 0.3) is 0 Å². The molecule has 0 radical (unpaired) electrons. The van der Waals surface area contributed by atoms with Gasteiger partial charge in [-0.2, -0.15) is 0 Å². The van der Waals surface area contributed by atoms with Crippen molar-refractivity contribution in [2.45, 2.75) is 11.8 Å². The highest BCUT2D eigenvalue weighted by molar-refractivity contribution is 8.04. The molecule has 218 valence electrons. The molecule has 4 aromatic rings. The van der Waals surface area contributed by atoms with Crippen LogP contribution in [-0.4, -0.2) is 39.1 Å². The lowest BCUT2D eigenvalue weighted by atomic mass is 10.2. The molecule has 0 aliphatic carbocycles. The number of aryl methyl sites for hydroxylation is 1. The standard InChI is InChI=1S/C33H29N3O6S/c1-20-8-10-22(11-9-20)34-29-30(33(39)36(32(29)38)27-17-14-25(41-3)19-28(27)42-4)43-26-15-12-23(13-16-26)35-31(37)21-6-5-7-24(18-21)40-2/h5-19,34H,1-4H3,(H,35,37). The number of ether oxygens (including phenoxy) is 3. The summed E-state index contributed by atoms with van der Waals surface area (Å²) in [7, 11) is 4.53. The van der Waals surface area contributed by atoms with Crippen molar-refractivity contribution < 1.29 is 28.6 Å². The average Bonchev–Trinajstić information content (AvgIpc) is 3.26. The SMILES string of the molecule is COc1cccc(C(=O)Nc2ccc(SC3=C(Nc4ccc(C)cc4)C(=O)N(c4ccc(OC)cc4OC)C3=O)cc2)c1. The summed E-state index contributed by atoms with van der Waals surface area (Å²) in [6.45, 7) is 1.97. The summed E-state index contributed by atoms with van der Waals surface area (Å²) in [6.07, 6.45) is 0. The molecule has 0 aromatic heterocycles. The molecule has 0 spiro atoms. The second kappa shape index (κ2) is 12.7. The predicted molar refractivity (Wildman–Crippen MR) is 167 cm³/mol. The molecule has 0 atom stereocenters. The fraction of sp³-hybridized carbons (Fsp3) is 0.121. The minimum Gasteiger partial charge on any atom is -0.497 e. The van der Waals surface area contributed by atoms with E-state index in [4.69, 9.17) is 14.2 Å². The van der Waals surface area contributed by atoms with Crippen LogP contribution in [0.4, 0.5) is 17.1 Å². The number of methoxy groups -OCH3 is 3. The molecule has 1 aliphatic heterocycles. The molecule has 4 aromatic carbocycles. The number of nitrogens with one attached hydrogen (secondary N) is 2. The Labute approximate surface area is 253 Å². The summed E-state index contributed by atoms with van der Waals surface area (Å²) in [5.41, 5.74) is 3.20. The van der Waals surface area contributed by atoms with Crippen LogP contribution in [0.5, 0.6) is 17.2 Å². The van der Waals surface area contributed by atoms with Crippen LogP contribution < -0.4 is 29.7 Å². The van der Waals surface area contributed by atoms with Gasteiger partial charge in [0.1, 0.15) is 27.9 Å². The van der Waals surface area contributed by atoms with E-state index < -0.39 is 11.8 Å². The van der Waals surface area contributed by atoms with Crippen molar-refractivity contribution in [3.8, 4) is 17.2 Å². The van der Waals surface area contributed by atoms with Crippen molar-refractivity contribution in [2.24, 2.45) is 0 Å². The molecule has 3 amide bonds. The zero-order chi connectivity index (χ0) is 30.5. The molecule has 43 heavy (non-hydrogen) atoms. The van der Waals surface area contributed by atoms with Gasteiger partial charge < -0.3 is 24.8 Å². The van der Waals surface area contributed by atoms with Crippen LogP contribution in [0, 0.1) is 6.92 Å². The zero-order valence-corrected chi connectivity index (χ0v) is 24.8. The number of nitrogens with zero attached hydrogens (tertiary/aromatic N) is 1. The van der Waals surface area contributed by atoms with E-state index in [1.54, 1.807) is 73.8 Å². The van der Waals surface area contributed by atoms with E-state index in [0.29, 0.717) is 44.8 Å². The minimum absolute atomic E-state index is 0.145. The first-order valence-electron chi connectivity index (χ1n) is 13.2. The molecule has 0 unspecified atom stereocenters. The van der Waals surface area contributed by atoms with Gasteiger partial charge in [0, 0.05) is 27.9 Å². The Hall–Kier alpha value is -5.22. The molecule has 10 heteroatoms. The van der Waals surface area contributed by atoms with Gasteiger partial charge in [-0.05, 0) is 73.7 Å². The van der Waals surface area contributed by atoms with Crippen LogP contribution in [-0.2, 0) is 9.59 Å². The van der Waals surface area contributed by atoms with Crippen LogP contribution >= 0.6 is 11.8 Å². The molecular weight excluding hydrogens is 566 g/mol. The number of hydrogen-bond donors (Lipinski definition) is 2. The maximum absolute atomic E-state index is 13.9. The molecule has 0 saturated heterocycles. The molecular formula is C33H29N3O6S. The minimum atomic E-state index is -0.515. The largest absolute Gasteiger partial charge is 0.497 e. The first-order valence-corrected chi connectivity index (χ1v) is 14.0. The van der Waals surface area contributed by atoms with Gasteiger partial charge in [0.25, 0.3) is 17.7 Å². The molecule has 0 saturated carbocycles. The number of amides is 3. The summed E-state index contributed by atoms with van der Waals surface area (Å²) < 4.78 is 16.0. The van der Waals surface area contributed by atoms with E-state index >= 15 is 0 Å². The Bertz CT molecular complexity index is 1720. The lowest BCUT2D eigenvalue weighted by molar-refractivity contribution is -0.120. The normalized spacial score (nSPS) is 12.8. The number of carbonyl (C=O) groups is 3. The number of imide groups is 1. The highest BCUT2D eigenvalue weighted by Gasteiger charge is 2.41. The summed E-state index contributed by atoms with van der Waals surface area (Å²) in [4.78, 5) is 42.4. The van der Waals surface area contributed by atoms with E-state index in [0.717, 1.165) is 22.2 Å². The lowest BCUT2D eigenvalue weighted by Gasteiger charge is -2.19. The molecule has 0 fully saturated rings. The smallest absolute Gasteiger partial charge is 0.283 e. The number of thioether (sulfide) groups is 1. The maximum atomic E-state index is 13.9. The van der Waals surface area contributed by atoms with Crippen LogP contribution in [0.2, 0.25) is 0 Å². The van der Waals surface area contributed by atoms with Gasteiger partial charge >= 0.3 is 0 Å². The van der Waals surface area contributed by atoms with Crippen molar-refractivity contribution in [3.63, 3.8) is 0 Å². The molecule has 1 aliphatic rings. The first kappa shape index (κ1) is 29.3. The lowest BCUT2D eigenvalue weighted by Crippen LogP contribution is -2.32. The Balaban J connectivity index is 1.43. The Morgan fingerprint density at radius 2 is 1.42 bits per heavy atom. The molecule has 0 bridgehead atoms. The van der Waals surface area contributed by atoms with Gasteiger partial charge in [0.2, 0.25) is 0 Å². The van der Waals surface area contributed by atoms with E-state index in [2.05, 4.69) is 10.6 Å². The third-order valence-electron chi connectivity index (χ3n) is 6.65. The summed E-state index contributed by atoms with van der Waals surface area (Å²) in [5.74, 6) is 0.131. The number of carbonyl (C=O) groups excluding carboxylic acids is 3. The van der Waals surface area contributed by atoms with Crippen LogP contribution in [0.3, 0.4) is 0 Å². The van der Waals surface area contributed by atoms with Crippen molar-refractivity contribution in [1.29, 1.82) is 0 Å². The van der Waals surface area contributed by atoms with E-state index in [9.17, 15) is 14.4 Å². The van der Waals surface area contributed by atoms with E-state index in [1.165, 1.54) is 14.2 Å². The Morgan fingerprint density at radius 3 is 2.09 bits per heavy atom. The second-order valence-electron chi connectivity index (χ2n) is 9.49. The highest BCUT2D eigenvalue weighted by Crippen LogP contribution is 2.41. The Morgan fingerprint density at radius 1 is 0.744 bits per heavy atom. The second-order valence-corrected chi connectivity index (χ2v) is 10.6. The van der Waals surface area contributed by atoms with E-state index in [-0.39, 0.29) is 16.5 Å². The Kier molecular flexibility index (Phi) is 8.68. The number of anilines is 3. The first-order chi connectivity index (χ1) is 20.8. The monoisotopic (exact) mass is 595 g/mol. The van der Waals surface area contributed by atoms with Gasteiger partial charge in [0.05, 0.1) is 27.0 Å². The number of rotatable bonds is 10. The van der Waals surface area contributed by atoms with Crippen molar-refractivity contribution in [3.05, 3.63) is 113 Å². The fourth-order valence-corrected chi connectivity index (χ4v) is 5.30. The average molecular weight is 596 g/mol. The van der Waals surface area contributed by atoms with Gasteiger partial charge in [-0.25, -0.2) is 4.90 Å². The molecule has 2 N–H and O–H groups in total. The van der Waals surface area contributed by atoms with E-state index in [1.807, 2.05) is 31.2 Å². The summed E-state index contributed by atoms with van der Waals surface area (Å²) in [6, 6.07) is 26.3. The third kappa shape index (κ3) is 6.34.